The third kappa shape index (κ3) is 2.86. The summed E-state index contributed by atoms with van der Waals surface area (Å²) in [5.74, 6) is -0.125. The number of aromatic amines is 1. The molecule has 2 heteroatoms. The Bertz CT molecular complexity index is 973. The standard InChI is InChI=1S/C23H21NO/c1-16-21(19-14-8-9-15-20(19)24-16)22(17-10-4-2-5-11-17)23(25)18-12-6-3-7-13-18/h2-15,22-25H,1H3/t22-,23-/m0/s1. The van der Waals surface area contributed by atoms with Gasteiger partial charge in [0.05, 0.1) is 6.10 Å². The maximum atomic E-state index is 11.3. The average Bonchev–Trinajstić information content (AvgIpc) is 3.00. The first-order valence-electron chi connectivity index (χ1n) is 8.61. The molecule has 0 aliphatic rings. The van der Waals surface area contributed by atoms with Crippen molar-refractivity contribution in [3.63, 3.8) is 0 Å². The number of aliphatic hydroxyl groups is 1. The van der Waals surface area contributed by atoms with Crippen molar-refractivity contribution in [1.29, 1.82) is 0 Å². The average molecular weight is 327 g/mol. The van der Waals surface area contributed by atoms with Gasteiger partial charge in [0.15, 0.2) is 0 Å². The van der Waals surface area contributed by atoms with Gasteiger partial charge in [-0.1, -0.05) is 78.9 Å². The largest absolute Gasteiger partial charge is 0.387 e. The molecule has 3 aromatic carbocycles. The van der Waals surface area contributed by atoms with Gasteiger partial charge in [-0.3, -0.25) is 0 Å². The van der Waals surface area contributed by atoms with Crippen molar-refractivity contribution in [2.24, 2.45) is 0 Å². The van der Waals surface area contributed by atoms with Crippen LogP contribution in [0.15, 0.2) is 84.9 Å². The highest BCUT2D eigenvalue weighted by Crippen LogP contribution is 2.41. The minimum atomic E-state index is -0.610. The van der Waals surface area contributed by atoms with Crippen LogP contribution in [0.1, 0.15) is 34.4 Å². The zero-order chi connectivity index (χ0) is 17.2. The molecule has 25 heavy (non-hydrogen) atoms. The van der Waals surface area contributed by atoms with E-state index in [2.05, 4.69) is 42.2 Å². The SMILES string of the molecule is Cc1[nH]c2ccccc2c1[C@H](c1ccccc1)[C@@H](O)c1ccccc1. The Morgan fingerprint density at radius 3 is 1.96 bits per heavy atom. The molecule has 0 unspecified atom stereocenters. The fraction of sp³-hybridized carbons (Fsp3) is 0.130. The summed E-state index contributed by atoms with van der Waals surface area (Å²) in [7, 11) is 0. The molecule has 124 valence electrons. The number of aryl methyl sites for hydroxylation is 1. The quantitative estimate of drug-likeness (QED) is 0.521. The first kappa shape index (κ1) is 15.7. The molecule has 0 aliphatic heterocycles. The van der Waals surface area contributed by atoms with E-state index in [9.17, 15) is 5.11 Å². The first-order chi connectivity index (χ1) is 12.3. The summed E-state index contributed by atoms with van der Waals surface area (Å²) < 4.78 is 0. The van der Waals surface area contributed by atoms with Crippen LogP contribution in [0, 0.1) is 6.92 Å². The molecule has 0 saturated heterocycles. The third-order valence-corrected chi connectivity index (χ3v) is 4.87. The third-order valence-electron chi connectivity index (χ3n) is 4.87. The number of nitrogens with one attached hydrogen (secondary N) is 1. The Morgan fingerprint density at radius 1 is 0.720 bits per heavy atom. The number of para-hydroxylation sites is 1. The number of hydrogen-bond acceptors (Lipinski definition) is 1. The van der Waals surface area contributed by atoms with E-state index in [0.717, 1.165) is 27.9 Å². The van der Waals surface area contributed by atoms with E-state index in [4.69, 9.17) is 0 Å². The second-order valence-electron chi connectivity index (χ2n) is 6.45. The zero-order valence-corrected chi connectivity index (χ0v) is 14.2. The summed E-state index contributed by atoms with van der Waals surface area (Å²) >= 11 is 0. The molecular formula is C23H21NO. The number of H-pyrrole nitrogens is 1. The van der Waals surface area contributed by atoms with Crippen LogP contribution in [-0.2, 0) is 0 Å². The highest BCUT2D eigenvalue weighted by molar-refractivity contribution is 5.85. The molecule has 0 radical (unpaired) electrons. The molecule has 4 rings (SSSR count). The van der Waals surface area contributed by atoms with Crippen molar-refractivity contribution >= 4 is 10.9 Å². The maximum absolute atomic E-state index is 11.3. The number of aromatic nitrogens is 1. The molecule has 2 N–H and O–H groups in total. The van der Waals surface area contributed by atoms with E-state index in [1.807, 2.05) is 54.6 Å². The molecule has 1 aromatic heterocycles. The van der Waals surface area contributed by atoms with E-state index in [1.165, 1.54) is 5.39 Å². The highest BCUT2D eigenvalue weighted by atomic mass is 16.3. The molecule has 0 bridgehead atoms. The molecule has 0 aliphatic carbocycles. The molecule has 4 aromatic rings. The summed E-state index contributed by atoms with van der Waals surface area (Å²) in [6.07, 6.45) is -0.610. The molecule has 1 heterocycles. The van der Waals surface area contributed by atoms with Gasteiger partial charge in [-0.05, 0) is 29.7 Å². The number of rotatable bonds is 4. The van der Waals surface area contributed by atoms with Crippen molar-refractivity contribution in [1.82, 2.24) is 4.98 Å². The predicted molar refractivity (Wildman–Crippen MR) is 103 cm³/mol. The predicted octanol–water partition coefficient (Wildman–Crippen LogP) is 5.34. The van der Waals surface area contributed by atoms with Gasteiger partial charge in [-0.15, -0.1) is 0 Å². The maximum Gasteiger partial charge on any atom is 0.0900 e. The van der Waals surface area contributed by atoms with Crippen LogP contribution in [0.3, 0.4) is 0 Å². The zero-order valence-electron chi connectivity index (χ0n) is 14.2. The van der Waals surface area contributed by atoms with E-state index in [1.54, 1.807) is 0 Å². The van der Waals surface area contributed by atoms with Crippen LogP contribution in [0.5, 0.6) is 0 Å². The lowest BCUT2D eigenvalue weighted by Gasteiger charge is -2.25. The van der Waals surface area contributed by atoms with Gasteiger partial charge in [0, 0.05) is 22.5 Å². The molecule has 2 atom stereocenters. The van der Waals surface area contributed by atoms with Crippen molar-refractivity contribution in [2.45, 2.75) is 18.9 Å². The minimum Gasteiger partial charge on any atom is -0.387 e. The normalized spacial score (nSPS) is 13.7. The second-order valence-corrected chi connectivity index (χ2v) is 6.45. The van der Waals surface area contributed by atoms with Crippen LogP contribution in [0.4, 0.5) is 0 Å². The van der Waals surface area contributed by atoms with E-state index >= 15 is 0 Å². The summed E-state index contributed by atoms with van der Waals surface area (Å²) in [5.41, 5.74) is 5.42. The number of benzene rings is 3. The minimum absolute atomic E-state index is 0.125. The van der Waals surface area contributed by atoms with Gasteiger partial charge in [0.1, 0.15) is 0 Å². The first-order valence-corrected chi connectivity index (χ1v) is 8.61. The Kier molecular flexibility index (Phi) is 4.12. The van der Waals surface area contributed by atoms with Gasteiger partial charge in [0.2, 0.25) is 0 Å². The van der Waals surface area contributed by atoms with Crippen molar-refractivity contribution in [3.8, 4) is 0 Å². The molecule has 0 saturated carbocycles. The number of fused-ring (bicyclic) bond motifs is 1. The smallest absolute Gasteiger partial charge is 0.0900 e. The lowest BCUT2D eigenvalue weighted by molar-refractivity contribution is 0.159. The second kappa shape index (κ2) is 6.58. The van der Waals surface area contributed by atoms with Crippen LogP contribution < -0.4 is 0 Å². The topological polar surface area (TPSA) is 36.0 Å². The van der Waals surface area contributed by atoms with Gasteiger partial charge >= 0.3 is 0 Å². The molecule has 0 spiro atoms. The van der Waals surface area contributed by atoms with E-state index < -0.39 is 6.10 Å². The van der Waals surface area contributed by atoms with Crippen molar-refractivity contribution < 1.29 is 5.11 Å². The Labute approximate surface area is 147 Å². The van der Waals surface area contributed by atoms with Crippen molar-refractivity contribution in [2.75, 3.05) is 0 Å². The van der Waals surface area contributed by atoms with Gasteiger partial charge in [-0.25, -0.2) is 0 Å². The fourth-order valence-corrected chi connectivity index (χ4v) is 3.71. The Morgan fingerprint density at radius 2 is 1.28 bits per heavy atom. The summed E-state index contributed by atoms with van der Waals surface area (Å²) in [4.78, 5) is 3.47. The molecule has 0 amide bonds. The fourth-order valence-electron chi connectivity index (χ4n) is 3.71. The summed E-state index contributed by atoms with van der Waals surface area (Å²) in [5, 5.41) is 12.4. The Balaban J connectivity index is 1.93. The van der Waals surface area contributed by atoms with Crippen LogP contribution in [-0.4, -0.2) is 10.1 Å². The van der Waals surface area contributed by atoms with E-state index in [-0.39, 0.29) is 5.92 Å². The van der Waals surface area contributed by atoms with Crippen LogP contribution >= 0.6 is 0 Å². The van der Waals surface area contributed by atoms with E-state index in [0.29, 0.717) is 0 Å². The summed E-state index contributed by atoms with van der Waals surface area (Å²) in [6, 6.07) is 28.5. The molecule has 0 fully saturated rings. The monoisotopic (exact) mass is 327 g/mol. The van der Waals surface area contributed by atoms with Gasteiger partial charge in [-0.2, -0.15) is 0 Å². The molecule has 2 nitrogen and oxygen atoms in total. The van der Waals surface area contributed by atoms with Gasteiger partial charge < -0.3 is 10.1 Å². The van der Waals surface area contributed by atoms with Gasteiger partial charge in [0.25, 0.3) is 0 Å². The number of hydrogen-bond donors (Lipinski definition) is 2. The summed E-state index contributed by atoms with van der Waals surface area (Å²) in [6.45, 7) is 2.09. The number of aliphatic hydroxyl groups excluding tert-OH is 1. The van der Waals surface area contributed by atoms with Crippen LogP contribution in [0.25, 0.3) is 10.9 Å². The molecular weight excluding hydrogens is 306 g/mol. The lowest BCUT2D eigenvalue weighted by atomic mass is 9.82. The Hall–Kier alpha value is -2.84. The highest BCUT2D eigenvalue weighted by Gasteiger charge is 2.28. The van der Waals surface area contributed by atoms with Crippen molar-refractivity contribution in [3.05, 3.63) is 107 Å². The lowest BCUT2D eigenvalue weighted by Crippen LogP contribution is -2.13. The van der Waals surface area contributed by atoms with Crippen LogP contribution in [0.2, 0.25) is 0 Å².